The highest BCUT2D eigenvalue weighted by atomic mass is 19.4. The smallest absolute Gasteiger partial charge is 0.406 e. The quantitative estimate of drug-likeness (QED) is 0.464. The second-order valence-electron chi connectivity index (χ2n) is 5.79. The second kappa shape index (κ2) is 7.62. The molecule has 146 valence electrons. The third kappa shape index (κ3) is 4.34. The summed E-state index contributed by atoms with van der Waals surface area (Å²) in [5.74, 6) is -0.0528. The molecule has 0 radical (unpaired) electrons. The average molecular weight is 399 g/mol. The molecule has 0 spiro atoms. The van der Waals surface area contributed by atoms with Gasteiger partial charge in [-0.05, 0) is 29.8 Å². The fourth-order valence-electron chi connectivity index (χ4n) is 2.58. The van der Waals surface area contributed by atoms with Crippen LogP contribution < -0.4 is 4.74 Å². The number of benzene rings is 1. The van der Waals surface area contributed by atoms with Gasteiger partial charge in [-0.25, -0.2) is 14.6 Å². The number of rotatable bonds is 5. The summed E-state index contributed by atoms with van der Waals surface area (Å²) in [5.41, 5.74) is 1.66. The minimum absolute atomic E-state index is 0.304. The lowest BCUT2D eigenvalue weighted by atomic mass is 10.3. The Kier molecular flexibility index (Phi) is 4.85. The Morgan fingerprint density at radius 1 is 1.07 bits per heavy atom. The van der Waals surface area contributed by atoms with Gasteiger partial charge in [0.15, 0.2) is 11.5 Å². The van der Waals surface area contributed by atoms with E-state index in [2.05, 4.69) is 35.0 Å². The fraction of sp³-hybridized carbons (Fsp3) is 0.111. The van der Waals surface area contributed by atoms with Gasteiger partial charge >= 0.3 is 6.36 Å². The molecule has 11 heteroatoms. The van der Waals surface area contributed by atoms with E-state index >= 15 is 0 Å². The molecule has 8 nitrogen and oxygen atoms in total. The van der Waals surface area contributed by atoms with E-state index in [0.717, 1.165) is 5.56 Å². The monoisotopic (exact) mass is 399 g/mol. The van der Waals surface area contributed by atoms with Gasteiger partial charge in [0.2, 0.25) is 0 Å². The van der Waals surface area contributed by atoms with Crippen LogP contribution in [-0.4, -0.2) is 31.1 Å². The number of nitrogens with zero attached hydrogens (tertiary/aromatic N) is 7. The van der Waals surface area contributed by atoms with Crippen LogP contribution in [0.3, 0.4) is 0 Å². The molecule has 4 aromatic rings. The summed E-state index contributed by atoms with van der Waals surface area (Å²) < 4.78 is 42.7. The Labute approximate surface area is 161 Å². The first-order valence-electron chi connectivity index (χ1n) is 8.31. The first-order valence-corrected chi connectivity index (χ1v) is 8.31. The zero-order valence-corrected chi connectivity index (χ0v) is 14.7. The van der Waals surface area contributed by atoms with Gasteiger partial charge in [0.1, 0.15) is 12.1 Å². The predicted octanol–water partition coefficient (Wildman–Crippen LogP) is 4.39. The SMILES string of the molecule is FC(F)(F)Oc1cccc(-n2ncc3c(N=NCc4ccncc4)ncnc32)c1. The summed E-state index contributed by atoms with van der Waals surface area (Å²) in [7, 11) is 0. The second-order valence-corrected chi connectivity index (χ2v) is 5.79. The van der Waals surface area contributed by atoms with E-state index in [4.69, 9.17) is 0 Å². The molecule has 0 unspecified atom stereocenters. The van der Waals surface area contributed by atoms with E-state index in [9.17, 15) is 13.2 Å². The highest BCUT2D eigenvalue weighted by Gasteiger charge is 2.31. The molecule has 1 aromatic carbocycles. The molecule has 0 aliphatic carbocycles. The normalized spacial score (nSPS) is 12.0. The van der Waals surface area contributed by atoms with E-state index < -0.39 is 6.36 Å². The molecule has 0 saturated heterocycles. The number of fused-ring (bicyclic) bond motifs is 1. The summed E-state index contributed by atoms with van der Waals surface area (Å²) in [6.45, 7) is 0.346. The molecule has 4 rings (SSSR count). The van der Waals surface area contributed by atoms with Crippen LogP contribution in [0.15, 0.2) is 71.5 Å². The molecule has 0 aliphatic heterocycles. The maximum absolute atomic E-state index is 12.5. The van der Waals surface area contributed by atoms with E-state index in [1.54, 1.807) is 18.5 Å². The van der Waals surface area contributed by atoms with Crippen molar-refractivity contribution in [3.05, 3.63) is 66.9 Å². The third-order valence-corrected chi connectivity index (χ3v) is 3.81. The molecule has 0 aliphatic rings. The van der Waals surface area contributed by atoms with Crippen LogP contribution in [-0.2, 0) is 6.54 Å². The minimum atomic E-state index is -4.78. The van der Waals surface area contributed by atoms with Crippen molar-refractivity contribution in [1.29, 1.82) is 0 Å². The summed E-state index contributed by atoms with van der Waals surface area (Å²) >= 11 is 0. The first kappa shape index (κ1) is 18.5. The van der Waals surface area contributed by atoms with Crippen molar-refractivity contribution < 1.29 is 17.9 Å². The minimum Gasteiger partial charge on any atom is -0.406 e. The van der Waals surface area contributed by atoms with Gasteiger partial charge in [-0.3, -0.25) is 4.98 Å². The molecule has 3 aromatic heterocycles. The molecular weight excluding hydrogens is 387 g/mol. The van der Waals surface area contributed by atoms with Gasteiger partial charge in [0.05, 0.1) is 23.8 Å². The van der Waals surface area contributed by atoms with Crippen LogP contribution >= 0.6 is 0 Å². The van der Waals surface area contributed by atoms with Crippen LogP contribution in [0.2, 0.25) is 0 Å². The molecule has 0 amide bonds. The Morgan fingerprint density at radius 2 is 1.90 bits per heavy atom. The van der Waals surface area contributed by atoms with Gasteiger partial charge in [0.25, 0.3) is 0 Å². The topological polar surface area (TPSA) is 90.4 Å². The number of halogens is 3. The standard InChI is InChI=1S/C18H12F3N7O/c19-18(20,21)29-14-3-1-2-13(8-14)28-17-15(10-26-28)16(23-11-24-17)27-25-9-12-4-6-22-7-5-12/h1-8,10-11H,9H2. The zero-order chi connectivity index (χ0) is 20.3. The molecule has 0 N–H and O–H groups in total. The number of azo groups is 1. The van der Waals surface area contributed by atoms with Crippen LogP contribution in [0, 0.1) is 0 Å². The predicted molar refractivity (Wildman–Crippen MR) is 95.8 cm³/mol. The Bertz CT molecular complexity index is 1160. The van der Waals surface area contributed by atoms with E-state index in [1.807, 2.05) is 12.1 Å². The van der Waals surface area contributed by atoms with Gasteiger partial charge in [-0.1, -0.05) is 6.07 Å². The first-order chi connectivity index (χ1) is 14.0. The molecule has 0 atom stereocenters. The summed E-state index contributed by atoms with van der Waals surface area (Å²) in [4.78, 5) is 12.2. The van der Waals surface area contributed by atoms with E-state index in [0.29, 0.717) is 29.1 Å². The van der Waals surface area contributed by atoms with Crippen molar-refractivity contribution in [2.75, 3.05) is 0 Å². The van der Waals surface area contributed by atoms with Crippen LogP contribution in [0.5, 0.6) is 5.75 Å². The van der Waals surface area contributed by atoms with E-state index in [-0.39, 0.29) is 5.75 Å². The lowest BCUT2D eigenvalue weighted by molar-refractivity contribution is -0.274. The van der Waals surface area contributed by atoms with Crippen molar-refractivity contribution in [1.82, 2.24) is 24.7 Å². The molecule has 0 saturated carbocycles. The number of hydrogen-bond acceptors (Lipinski definition) is 7. The molecular formula is C18H12F3N7O. The molecule has 3 heterocycles. The van der Waals surface area contributed by atoms with Gasteiger partial charge < -0.3 is 4.74 Å². The molecule has 0 fully saturated rings. The maximum Gasteiger partial charge on any atom is 0.573 e. The maximum atomic E-state index is 12.5. The number of ether oxygens (including phenoxy) is 1. The number of alkyl halides is 3. The van der Waals surface area contributed by atoms with Gasteiger partial charge in [0, 0.05) is 18.5 Å². The summed E-state index contributed by atoms with van der Waals surface area (Å²) in [6, 6.07) is 9.08. The van der Waals surface area contributed by atoms with Crippen molar-refractivity contribution in [2.24, 2.45) is 10.2 Å². The fourth-order valence-corrected chi connectivity index (χ4v) is 2.58. The lowest BCUT2D eigenvalue weighted by Crippen LogP contribution is -2.17. The Balaban J connectivity index is 1.63. The summed E-state index contributed by atoms with van der Waals surface area (Å²) in [6.07, 6.45) is 1.31. The number of hydrogen-bond donors (Lipinski definition) is 0. The van der Waals surface area contributed by atoms with Crippen molar-refractivity contribution in [3.63, 3.8) is 0 Å². The van der Waals surface area contributed by atoms with Crippen LogP contribution in [0.4, 0.5) is 19.0 Å². The number of pyridine rings is 1. The van der Waals surface area contributed by atoms with E-state index in [1.165, 1.54) is 35.4 Å². The zero-order valence-electron chi connectivity index (χ0n) is 14.7. The highest BCUT2D eigenvalue weighted by Crippen LogP contribution is 2.27. The Hall–Kier alpha value is -3.89. The van der Waals surface area contributed by atoms with Crippen molar-refractivity contribution >= 4 is 16.9 Å². The van der Waals surface area contributed by atoms with Crippen molar-refractivity contribution in [3.8, 4) is 11.4 Å². The average Bonchev–Trinajstić information content (AvgIpc) is 3.13. The molecule has 29 heavy (non-hydrogen) atoms. The summed E-state index contributed by atoms with van der Waals surface area (Å²) in [5, 5.41) is 13.0. The van der Waals surface area contributed by atoms with Crippen LogP contribution in [0.1, 0.15) is 5.56 Å². The third-order valence-electron chi connectivity index (χ3n) is 3.81. The van der Waals surface area contributed by atoms with Crippen LogP contribution in [0.25, 0.3) is 16.7 Å². The van der Waals surface area contributed by atoms with Gasteiger partial charge in [-0.2, -0.15) is 10.2 Å². The van der Waals surface area contributed by atoms with Crippen molar-refractivity contribution in [2.45, 2.75) is 12.9 Å². The molecule has 0 bridgehead atoms. The number of aromatic nitrogens is 5. The Morgan fingerprint density at radius 3 is 2.69 bits per heavy atom. The lowest BCUT2D eigenvalue weighted by Gasteiger charge is -2.10. The van der Waals surface area contributed by atoms with Gasteiger partial charge in [-0.15, -0.1) is 18.3 Å². The highest BCUT2D eigenvalue weighted by molar-refractivity contribution is 5.85. The largest absolute Gasteiger partial charge is 0.573 e.